The van der Waals surface area contributed by atoms with Crippen molar-refractivity contribution in [1.29, 1.82) is 0 Å². The standard InChI is InChI=1S/C8H7Cl3N2O3S/c9-3-8(12)13-6-1-5(11)7(2-4(6)10)17(14,15)16/h1-2H,3H2,(H2,12,13)(H,14,15,16). The summed E-state index contributed by atoms with van der Waals surface area (Å²) in [4.78, 5) is 3.34. The highest BCUT2D eigenvalue weighted by molar-refractivity contribution is 7.86. The van der Waals surface area contributed by atoms with Crippen LogP contribution < -0.4 is 5.73 Å². The number of rotatable bonds is 3. The SMILES string of the molecule is NC(CCl)=Nc1cc(Cl)c(S(=O)(=O)O)cc1Cl. The van der Waals surface area contributed by atoms with Crippen LogP contribution in [-0.2, 0) is 10.1 Å². The van der Waals surface area contributed by atoms with E-state index in [0.29, 0.717) is 0 Å². The minimum atomic E-state index is -4.43. The first-order valence-electron chi connectivity index (χ1n) is 4.11. The number of amidine groups is 1. The first-order chi connectivity index (χ1) is 7.75. The molecule has 0 aliphatic carbocycles. The fraction of sp³-hybridized carbons (Fsp3) is 0.125. The van der Waals surface area contributed by atoms with Crippen molar-refractivity contribution in [3.05, 3.63) is 22.2 Å². The van der Waals surface area contributed by atoms with Crippen LogP contribution in [0.4, 0.5) is 5.69 Å². The molecule has 3 N–H and O–H groups in total. The number of halogens is 3. The fourth-order valence-electron chi connectivity index (χ4n) is 0.986. The average Bonchev–Trinajstić information content (AvgIpc) is 2.21. The number of alkyl halides is 1. The maximum atomic E-state index is 10.9. The molecule has 94 valence electrons. The van der Waals surface area contributed by atoms with Crippen LogP contribution in [0.5, 0.6) is 0 Å². The van der Waals surface area contributed by atoms with E-state index in [4.69, 9.17) is 45.1 Å². The zero-order chi connectivity index (χ0) is 13.2. The molecule has 5 nitrogen and oxygen atoms in total. The van der Waals surface area contributed by atoms with Gasteiger partial charge in [0.2, 0.25) is 0 Å². The zero-order valence-corrected chi connectivity index (χ0v) is 11.3. The Balaban J connectivity index is 3.39. The molecule has 0 atom stereocenters. The smallest absolute Gasteiger partial charge is 0.296 e. The summed E-state index contributed by atoms with van der Waals surface area (Å²) in [5.74, 6) is 0.0952. The zero-order valence-electron chi connectivity index (χ0n) is 8.19. The van der Waals surface area contributed by atoms with Gasteiger partial charge in [-0.25, -0.2) is 4.99 Å². The van der Waals surface area contributed by atoms with Crippen LogP contribution in [0.25, 0.3) is 0 Å². The van der Waals surface area contributed by atoms with E-state index in [0.717, 1.165) is 6.07 Å². The summed E-state index contributed by atoms with van der Waals surface area (Å²) in [6, 6.07) is 2.16. The molecule has 1 aromatic rings. The molecule has 0 aliphatic rings. The van der Waals surface area contributed by atoms with Crippen molar-refractivity contribution in [2.75, 3.05) is 5.88 Å². The molecule has 0 aromatic heterocycles. The monoisotopic (exact) mass is 316 g/mol. The largest absolute Gasteiger partial charge is 0.386 e. The van der Waals surface area contributed by atoms with Gasteiger partial charge in [-0.05, 0) is 12.1 Å². The van der Waals surface area contributed by atoms with Crippen molar-refractivity contribution in [2.45, 2.75) is 4.90 Å². The van der Waals surface area contributed by atoms with Crippen LogP contribution >= 0.6 is 34.8 Å². The molecule has 0 unspecified atom stereocenters. The lowest BCUT2D eigenvalue weighted by molar-refractivity contribution is 0.483. The molecule has 0 bridgehead atoms. The summed E-state index contributed by atoms with van der Waals surface area (Å²) in [5.41, 5.74) is 5.57. The molecule has 1 aromatic carbocycles. The van der Waals surface area contributed by atoms with E-state index in [1.54, 1.807) is 0 Å². The molecule has 9 heteroatoms. The lowest BCUT2D eigenvalue weighted by Gasteiger charge is -2.05. The average molecular weight is 318 g/mol. The molecule has 0 saturated heterocycles. The van der Waals surface area contributed by atoms with Gasteiger partial charge in [0.15, 0.2) is 0 Å². The van der Waals surface area contributed by atoms with E-state index in [-0.39, 0.29) is 27.4 Å². The Labute approximate surface area is 113 Å². The quantitative estimate of drug-likeness (QED) is 0.387. The van der Waals surface area contributed by atoms with Crippen molar-refractivity contribution < 1.29 is 13.0 Å². The Morgan fingerprint density at radius 2 is 1.94 bits per heavy atom. The van der Waals surface area contributed by atoms with Gasteiger partial charge in [0.05, 0.1) is 21.6 Å². The van der Waals surface area contributed by atoms with Gasteiger partial charge in [-0.2, -0.15) is 8.42 Å². The van der Waals surface area contributed by atoms with Crippen LogP contribution in [0.1, 0.15) is 0 Å². The molecule has 0 amide bonds. The van der Waals surface area contributed by atoms with Gasteiger partial charge in [0.25, 0.3) is 10.1 Å². The van der Waals surface area contributed by atoms with Gasteiger partial charge in [-0.1, -0.05) is 23.2 Å². The third-order valence-electron chi connectivity index (χ3n) is 1.68. The van der Waals surface area contributed by atoms with E-state index in [1.807, 2.05) is 0 Å². The second kappa shape index (κ2) is 5.41. The maximum absolute atomic E-state index is 10.9. The third-order valence-corrected chi connectivity index (χ3v) is 3.58. The molecule has 0 spiro atoms. The second-order valence-corrected chi connectivity index (χ2v) is 5.42. The van der Waals surface area contributed by atoms with E-state index < -0.39 is 15.0 Å². The molecule has 0 radical (unpaired) electrons. The van der Waals surface area contributed by atoms with Gasteiger partial charge in [0, 0.05) is 0 Å². The molecule has 0 heterocycles. The highest BCUT2D eigenvalue weighted by Crippen LogP contribution is 2.33. The van der Waals surface area contributed by atoms with Crippen LogP contribution in [-0.4, -0.2) is 24.7 Å². The van der Waals surface area contributed by atoms with Gasteiger partial charge in [0.1, 0.15) is 10.7 Å². The summed E-state index contributed by atoms with van der Waals surface area (Å²) in [7, 11) is -4.43. The van der Waals surface area contributed by atoms with Crippen LogP contribution in [0.2, 0.25) is 10.0 Å². The molecule has 0 fully saturated rings. The Morgan fingerprint density at radius 3 is 2.41 bits per heavy atom. The van der Waals surface area contributed by atoms with Crippen LogP contribution in [0, 0.1) is 0 Å². The summed E-state index contributed by atoms with van der Waals surface area (Å²) in [6.45, 7) is 0. The first-order valence-corrected chi connectivity index (χ1v) is 6.84. The van der Waals surface area contributed by atoms with E-state index in [1.165, 1.54) is 6.07 Å². The minimum Gasteiger partial charge on any atom is -0.386 e. The lowest BCUT2D eigenvalue weighted by atomic mass is 10.3. The second-order valence-electron chi connectivity index (χ2n) is 2.95. The summed E-state index contributed by atoms with van der Waals surface area (Å²) in [6.07, 6.45) is 0. The van der Waals surface area contributed by atoms with Crippen molar-refractivity contribution in [1.82, 2.24) is 0 Å². The topological polar surface area (TPSA) is 92.8 Å². The third kappa shape index (κ3) is 3.72. The molecule has 1 rings (SSSR count). The number of nitrogens with two attached hydrogens (primary N) is 1. The number of nitrogens with zero attached hydrogens (tertiary/aromatic N) is 1. The Hall–Kier alpha value is -0.530. The summed E-state index contributed by atoms with van der Waals surface area (Å²) in [5, 5.41) is -0.229. The lowest BCUT2D eigenvalue weighted by Crippen LogP contribution is -2.12. The fourth-order valence-corrected chi connectivity index (χ4v) is 2.34. The normalized spacial score (nSPS) is 12.8. The molecular formula is C8H7Cl3N2O3S. The first kappa shape index (κ1) is 14.5. The Bertz CT molecular complexity index is 572. The predicted molar refractivity (Wildman–Crippen MR) is 68.3 cm³/mol. The van der Waals surface area contributed by atoms with Gasteiger partial charge in [-0.3, -0.25) is 4.55 Å². The molecule has 0 saturated carbocycles. The van der Waals surface area contributed by atoms with Gasteiger partial charge < -0.3 is 5.73 Å². The molecule has 0 aliphatic heterocycles. The predicted octanol–water partition coefficient (Wildman–Crippen LogP) is 2.47. The van der Waals surface area contributed by atoms with Gasteiger partial charge in [-0.15, -0.1) is 11.6 Å². The van der Waals surface area contributed by atoms with Crippen molar-refractivity contribution in [3.8, 4) is 0 Å². The Morgan fingerprint density at radius 1 is 1.35 bits per heavy atom. The summed E-state index contributed by atoms with van der Waals surface area (Å²) >= 11 is 16.9. The minimum absolute atomic E-state index is 0.00595. The highest BCUT2D eigenvalue weighted by atomic mass is 35.5. The number of aliphatic imine (C=N–C) groups is 1. The van der Waals surface area contributed by atoms with Crippen LogP contribution in [0.15, 0.2) is 22.0 Å². The van der Waals surface area contributed by atoms with Gasteiger partial charge >= 0.3 is 0 Å². The number of hydrogen-bond donors (Lipinski definition) is 2. The van der Waals surface area contributed by atoms with Crippen molar-refractivity contribution in [3.63, 3.8) is 0 Å². The summed E-state index contributed by atoms with van der Waals surface area (Å²) < 4.78 is 30.7. The molecule has 17 heavy (non-hydrogen) atoms. The number of benzene rings is 1. The van der Waals surface area contributed by atoms with E-state index in [9.17, 15) is 8.42 Å². The number of hydrogen-bond acceptors (Lipinski definition) is 3. The van der Waals surface area contributed by atoms with Crippen LogP contribution in [0.3, 0.4) is 0 Å². The highest BCUT2D eigenvalue weighted by Gasteiger charge is 2.17. The maximum Gasteiger partial charge on any atom is 0.296 e. The van der Waals surface area contributed by atoms with Crippen molar-refractivity contribution in [2.24, 2.45) is 10.7 Å². The van der Waals surface area contributed by atoms with Crippen molar-refractivity contribution >= 4 is 56.4 Å². The van der Waals surface area contributed by atoms with E-state index in [2.05, 4.69) is 4.99 Å². The molecular weight excluding hydrogens is 311 g/mol. The Kier molecular flexibility index (Phi) is 4.62. The van der Waals surface area contributed by atoms with E-state index >= 15 is 0 Å².